The number of hydrogen-bond acceptors (Lipinski definition) is 4. The summed E-state index contributed by atoms with van der Waals surface area (Å²) in [6.07, 6.45) is 1.78. The van der Waals surface area contributed by atoms with Crippen LogP contribution in [0.25, 0.3) is 0 Å². The third-order valence-corrected chi connectivity index (χ3v) is 2.43. The maximum Gasteiger partial charge on any atom is 0.119 e. The third-order valence-electron chi connectivity index (χ3n) is 2.43. The Labute approximate surface area is 112 Å². The fourth-order valence-electron chi connectivity index (χ4n) is 1.49. The molecule has 2 aromatic carbocycles. The van der Waals surface area contributed by atoms with E-state index in [1.165, 1.54) is 36.4 Å². The van der Waals surface area contributed by atoms with Crippen molar-refractivity contribution in [3.8, 4) is 23.0 Å². The van der Waals surface area contributed by atoms with Crippen molar-refractivity contribution in [2.45, 2.75) is 19.8 Å². The summed E-state index contributed by atoms with van der Waals surface area (Å²) in [5.41, 5.74) is 0.813. The average molecular weight is 262 g/mol. The summed E-state index contributed by atoms with van der Waals surface area (Å²) >= 11 is 0. The van der Waals surface area contributed by atoms with Crippen LogP contribution in [0.15, 0.2) is 42.5 Å². The molecule has 0 spiro atoms. The molecule has 2 rings (SSSR count). The molecule has 2 aromatic rings. The molecule has 102 valence electrons. The molecule has 0 heterocycles. The van der Waals surface area contributed by atoms with Gasteiger partial charge in [0.25, 0.3) is 0 Å². The van der Waals surface area contributed by atoms with Gasteiger partial charge in [0.2, 0.25) is 0 Å². The first-order valence-corrected chi connectivity index (χ1v) is 6.01. The molecule has 0 bridgehead atoms. The van der Waals surface area contributed by atoms with Gasteiger partial charge in [0.15, 0.2) is 0 Å². The van der Waals surface area contributed by atoms with Crippen LogP contribution in [0.3, 0.4) is 0 Å². The minimum absolute atomic E-state index is 0.169. The minimum Gasteiger partial charge on any atom is -0.508 e. The zero-order chi connectivity index (χ0) is 14.3. The normalized spacial score (nSPS) is 9.53. The number of rotatable bonds is 2. The average Bonchev–Trinajstić information content (AvgIpc) is 2.39. The van der Waals surface area contributed by atoms with Gasteiger partial charge in [-0.3, -0.25) is 0 Å². The summed E-state index contributed by atoms with van der Waals surface area (Å²) in [6, 6.07) is 10.3. The van der Waals surface area contributed by atoms with Crippen LogP contribution in [0.1, 0.15) is 18.9 Å². The van der Waals surface area contributed by atoms with Crippen molar-refractivity contribution in [1.82, 2.24) is 0 Å². The van der Waals surface area contributed by atoms with Crippen LogP contribution in [0, 0.1) is 0 Å². The van der Waals surface area contributed by atoms with Gasteiger partial charge in [-0.2, -0.15) is 0 Å². The van der Waals surface area contributed by atoms with E-state index in [1.807, 2.05) is 6.92 Å². The van der Waals surface area contributed by atoms with Gasteiger partial charge in [-0.25, -0.2) is 0 Å². The van der Waals surface area contributed by atoms with Crippen LogP contribution >= 0.6 is 0 Å². The number of hydrogen-bond donors (Lipinski definition) is 4. The molecule has 0 aliphatic carbocycles. The Morgan fingerprint density at radius 3 is 1.68 bits per heavy atom. The van der Waals surface area contributed by atoms with E-state index < -0.39 is 0 Å². The van der Waals surface area contributed by atoms with Gasteiger partial charge >= 0.3 is 0 Å². The van der Waals surface area contributed by atoms with E-state index in [1.54, 1.807) is 6.07 Å². The Hall–Kier alpha value is -2.36. The van der Waals surface area contributed by atoms with E-state index in [0.717, 1.165) is 18.4 Å². The maximum absolute atomic E-state index is 9.25. The van der Waals surface area contributed by atoms with Crippen molar-refractivity contribution in [2.24, 2.45) is 0 Å². The molecule has 0 amide bonds. The summed E-state index contributed by atoms with van der Waals surface area (Å²) in [5, 5.41) is 35.6. The van der Waals surface area contributed by atoms with Gasteiger partial charge in [0.1, 0.15) is 23.0 Å². The van der Waals surface area contributed by atoms with Crippen molar-refractivity contribution in [3.63, 3.8) is 0 Å². The lowest BCUT2D eigenvalue weighted by Gasteiger charge is -2.02. The van der Waals surface area contributed by atoms with Gasteiger partial charge in [0, 0.05) is 0 Å². The smallest absolute Gasteiger partial charge is 0.119 e. The molecule has 4 N–H and O–H groups in total. The molecule has 0 radical (unpaired) electrons. The standard InChI is InChI=1S/C9H12O2.C6H6O2/c1-2-3-7-6-8(10)4-5-9(7)11;7-5-1-2-6(8)4-3-5/h4-6,10-11H,2-3H2,1H3;1-4,7-8H. The number of aryl methyl sites for hydroxylation is 1. The summed E-state index contributed by atoms with van der Waals surface area (Å²) in [7, 11) is 0. The van der Waals surface area contributed by atoms with Gasteiger partial charge in [-0.15, -0.1) is 0 Å². The fourth-order valence-corrected chi connectivity index (χ4v) is 1.49. The van der Waals surface area contributed by atoms with Gasteiger partial charge < -0.3 is 20.4 Å². The van der Waals surface area contributed by atoms with E-state index in [2.05, 4.69) is 0 Å². The minimum atomic E-state index is 0.169. The number of phenols is 4. The fraction of sp³-hybridized carbons (Fsp3) is 0.200. The van der Waals surface area contributed by atoms with Crippen LogP contribution in [0.5, 0.6) is 23.0 Å². The SMILES string of the molecule is CCCc1cc(O)ccc1O.Oc1ccc(O)cc1. The molecule has 0 aliphatic rings. The summed E-state index contributed by atoms with van der Waals surface area (Å²) in [5.74, 6) is 0.821. The molecule has 0 unspecified atom stereocenters. The highest BCUT2D eigenvalue weighted by Gasteiger charge is 1.99. The largest absolute Gasteiger partial charge is 0.508 e. The van der Waals surface area contributed by atoms with Crippen molar-refractivity contribution >= 4 is 0 Å². The van der Waals surface area contributed by atoms with E-state index in [0.29, 0.717) is 0 Å². The molecular formula is C15H18O4. The summed E-state index contributed by atoms with van der Waals surface area (Å²) < 4.78 is 0. The van der Waals surface area contributed by atoms with E-state index in [9.17, 15) is 5.11 Å². The third kappa shape index (κ3) is 5.21. The molecular weight excluding hydrogens is 244 g/mol. The zero-order valence-corrected chi connectivity index (χ0v) is 10.7. The summed E-state index contributed by atoms with van der Waals surface area (Å²) in [6.45, 7) is 2.03. The lowest BCUT2D eigenvalue weighted by atomic mass is 10.1. The van der Waals surface area contributed by atoms with Crippen LogP contribution < -0.4 is 0 Å². The Bertz CT molecular complexity index is 485. The molecule has 0 saturated carbocycles. The zero-order valence-electron chi connectivity index (χ0n) is 10.7. The van der Waals surface area contributed by atoms with E-state index in [-0.39, 0.29) is 23.0 Å². The molecule has 0 saturated heterocycles. The number of phenolic OH excluding ortho intramolecular Hbond substituents is 4. The highest BCUT2D eigenvalue weighted by atomic mass is 16.3. The van der Waals surface area contributed by atoms with Crippen LogP contribution in [-0.4, -0.2) is 20.4 Å². The van der Waals surface area contributed by atoms with Gasteiger partial charge in [-0.1, -0.05) is 13.3 Å². The lowest BCUT2D eigenvalue weighted by molar-refractivity contribution is 0.453. The Balaban J connectivity index is 0.000000200. The molecule has 0 atom stereocenters. The predicted octanol–water partition coefficient (Wildman–Crippen LogP) is 3.15. The second kappa shape index (κ2) is 7.16. The Morgan fingerprint density at radius 1 is 0.737 bits per heavy atom. The number of benzene rings is 2. The second-order valence-corrected chi connectivity index (χ2v) is 4.08. The lowest BCUT2D eigenvalue weighted by Crippen LogP contribution is -1.82. The summed E-state index contributed by atoms with van der Waals surface area (Å²) in [4.78, 5) is 0. The Morgan fingerprint density at radius 2 is 1.21 bits per heavy atom. The van der Waals surface area contributed by atoms with Crippen molar-refractivity contribution in [1.29, 1.82) is 0 Å². The quantitative estimate of drug-likeness (QED) is 0.627. The first-order valence-electron chi connectivity index (χ1n) is 6.01. The molecule has 0 aromatic heterocycles. The van der Waals surface area contributed by atoms with Gasteiger partial charge in [-0.05, 0) is 54.4 Å². The monoisotopic (exact) mass is 262 g/mol. The highest BCUT2D eigenvalue weighted by molar-refractivity contribution is 5.38. The van der Waals surface area contributed by atoms with Crippen LogP contribution in [-0.2, 0) is 6.42 Å². The molecule has 19 heavy (non-hydrogen) atoms. The Kier molecular flexibility index (Phi) is 5.54. The topological polar surface area (TPSA) is 80.9 Å². The van der Waals surface area contributed by atoms with Crippen LogP contribution in [0.4, 0.5) is 0 Å². The maximum atomic E-state index is 9.25. The molecule has 0 aliphatic heterocycles. The van der Waals surface area contributed by atoms with Crippen molar-refractivity contribution < 1.29 is 20.4 Å². The highest BCUT2D eigenvalue weighted by Crippen LogP contribution is 2.22. The molecule has 4 heteroatoms. The van der Waals surface area contributed by atoms with Crippen molar-refractivity contribution in [2.75, 3.05) is 0 Å². The van der Waals surface area contributed by atoms with Crippen LogP contribution in [0.2, 0.25) is 0 Å². The van der Waals surface area contributed by atoms with E-state index >= 15 is 0 Å². The first kappa shape index (κ1) is 14.7. The molecule has 4 nitrogen and oxygen atoms in total. The van der Waals surface area contributed by atoms with Gasteiger partial charge in [0.05, 0.1) is 0 Å². The predicted molar refractivity (Wildman–Crippen MR) is 73.5 cm³/mol. The van der Waals surface area contributed by atoms with Crippen molar-refractivity contribution in [3.05, 3.63) is 48.0 Å². The molecule has 0 fully saturated rings. The number of aromatic hydroxyl groups is 4. The first-order chi connectivity index (χ1) is 9.02. The second-order valence-electron chi connectivity index (χ2n) is 4.08. The van der Waals surface area contributed by atoms with E-state index in [4.69, 9.17) is 15.3 Å².